The van der Waals surface area contributed by atoms with Crippen molar-refractivity contribution in [3.63, 3.8) is 0 Å². The molecule has 6 nitrogen and oxygen atoms in total. The molecule has 1 aromatic carbocycles. The molecular weight excluding hydrogens is 276 g/mol. The number of aromatic nitrogens is 3. The van der Waals surface area contributed by atoms with Gasteiger partial charge in [0, 0.05) is 39.8 Å². The molecule has 2 aromatic rings. The van der Waals surface area contributed by atoms with Gasteiger partial charge in [0.05, 0.1) is 18.0 Å². The highest BCUT2D eigenvalue weighted by molar-refractivity contribution is 5.24. The van der Waals surface area contributed by atoms with Crippen LogP contribution >= 0.6 is 0 Å². The van der Waals surface area contributed by atoms with Crippen molar-refractivity contribution in [2.45, 2.75) is 12.6 Å². The Morgan fingerprint density at radius 3 is 2.50 bits per heavy atom. The van der Waals surface area contributed by atoms with E-state index in [1.165, 1.54) is 0 Å². The van der Waals surface area contributed by atoms with Crippen molar-refractivity contribution >= 4 is 0 Å². The lowest BCUT2D eigenvalue weighted by molar-refractivity contribution is 0.107. The zero-order valence-corrected chi connectivity index (χ0v) is 12.8. The molecule has 1 aliphatic heterocycles. The van der Waals surface area contributed by atoms with Gasteiger partial charge >= 0.3 is 0 Å². The standard InChI is InChI=1S/C16H20N6/c1-20-15(12-18-19-20)13-21-7-9-22(10-8-21)16(11-17)14-5-3-2-4-6-14/h2-6,12,16H,7-10,13H2,1H3. The fraction of sp³-hybridized carbons (Fsp3) is 0.438. The minimum Gasteiger partial charge on any atom is -0.295 e. The molecule has 1 unspecified atom stereocenters. The second kappa shape index (κ2) is 6.69. The molecule has 22 heavy (non-hydrogen) atoms. The SMILES string of the molecule is Cn1nncc1CN1CCN(C(C#N)c2ccccc2)CC1. The molecule has 1 atom stereocenters. The van der Waals surface area contributed by atoms with Crippen LogP contribution in [0, 0.1) is 11.3 Å². The van der Waals surface area contributed by atoms with E-state index in [9.17, 15) is 5.26 Å². The zero-order chi connectivity index (χ0) is 15.4. The molecule has 0 radical (unpaired) electrons. The number of piperazine rings is 1. The Morgan fingerprint density at radius 2 is 1.91 bits per heavy atom. The first-order chi connectivity index (χ1) is 10.8. The van der Waals surface area contributed by atoms with E-state index in [2.05, 4.69) is 26.2 Å². The quantitative estimate of drug-likeness (QED) is 0.848. The molecule has 3 rings (SSSR count). The van der Waals surface area contributed by atoms with Crippen molar-refractivity contribution in [2.75, 3.05) is 26.2 Å². The van der Waals surface area contributed by atoms with E-state index in [0.717, 1.165) is 44.0 Å². The Balaban J connectivity index is 1.59. The topological polar surface area (TPSA) is 61.0 Å². The number of nitriles is 1. The van der Waals surface area contributed by atoms with Crippen molar-refractivity contribution in [3.8, 4) is 6.07 Å². The second-order valence-electron chi connectivity index (χ2n) is 5.60. The summed E-state index contributed by atoms with van der Waals surface area (Å²) in [5.41, 5.74) is 2.20. The number of nitrogens with zero attached hydrogens (tertiary/aromatic N) is 6. The van der Waals surface area contributed by atoms with Gasteiger partial charge in [-0.15, -0.1) is 5.10 Å². The molecule has 0 aliphatic carbocycles. The first-order valence-corrected chi connectivity index (χ1v) is 7.52. The van der Waals surface area contributed by atoms with Gasteiger partial charge in [-0.05, 0) is 5.56 Å². The van der Waals surface area contributed by atoms with Crippen LogP contribution in [0.4, 0.5) is 0 Å². The van der Waals surface area contributed by atoms with Crippen LogP contribution in [0.3, 0.4) is 0 Å². The van der Waals surface area contributed by atoms with Crippen molar-refractivity contribution in [1.29, 1.82) is 5.26 Å². The van der Waals surface area contributed by atoms with Crippen LogP contribution in [0.2, 0.25) is 0 Å². The third kappa shape index (κ3) is 3.16. The first kappa shape index (κ1) is 14.7. The molecule has 1 saturated heterocycles. The van der Waals surface area contributed by atoms with Gasteiger partial charge in [-0.3, -0.25) is 14.5 Å². The van der Waals surface area contributed by atoms with Gasteiger partial charge in [0.1, 0.15) is 6.04 Å². The van der Waals surface area contributed by atoms with Crippen molar-refractivity contribution in [2.24, 2.45) is 7.05 Å². The van der Waals surface area contributed by atoms with Crippen molar-refractivity contribution in [1.82, 2.24) is 24.8 Å². The third-order valence-electron chi connectivity index (χ3n) is 4.20. The monoisotopic (exact) mass is 296 g/mol. The van der Waals surface area contributed by atoms with Crippen LogP contribution in [-0.2, 0) is 13.6 Å². The molecule has 2 heterocycles. The molecule has 1 aliphatic rings. The van der Waals surface area contributed by atoms with E-state index in [-0.39, 0.29) is 6.04 Å². The molecule has 6 heteroatoms. The third-order valence-corrected chi connectivity index (χ3v) is 4.20. The predicted molar refractivity (Wildman–Crippen MR) is 82.6 cm³/mol. The number of hydrogen-bond acceptors (Lipinski definition) is 5. The van der Waals surface area contributed by atoms with E-state index in [1.54, 1.807) is 0 Å². The van der Waals surface area contributed by atoms with Crippen molar-refractivity contribution in [3.05, 3.63) is 47.8 Å². The van der Waals surface area contributed by atoms with Crippen LogP contribution in [0.25, 0.3) is 0 Å². The van der Waals surface area contributed by atoms with E-state index < -0.39 is 0 Å². The second-order valence-corrected chi connectivity index (χ2v) is 5.60. The maximum absolute atomic E-state index is 9.52. The Hall–Kier alpha value is -2.23. The number of rotatable bonds is 4. The Kier molecular flexibility index (Phi) is 4.47. The van der Waals surface area contributed by atoms with Crippen molar-refractivity contribution < 1.29 is 0 Å². The lowest BCUT2D eigenvalue weighted by Crippen LogP contribution is -2.47. The highest BCUT2D eigenvalue weighted by Crippen LogP contribution is 2.21. The summed E-state index contributed by atoms with van der Waals surface area (Å²) >= 11 is 0. The molecule has 1 aromatic heterocycles. The fourth-order valence-electron chi connectivity index (χ4n) is 2.87. The predicted octanol–water partition coefficient (Wildman–Crippen LogP) is 1.20. The van der Waals surface area contributed by atoms with Gasteiger partial charge in [-0.2, -0.15) is 5.26 Å². The van der Waals surface area contributed by atoms with Crippen LogP contribution in [0.5, 0.6) is 0 Å². The molecule has 0 bridgehead atoms. The summed E-state index contributed by atoms with van der Waals surface area (Å²) in [5, 5.41) is 17.4. The van der Waals surface area contributed by atoms with Gasteiger partial charge in [0.2, 0.25) is 0 Å². The van der Waals surface area contributed by atoms with Gasteiger partial charge in [0.25, 0.3) is 0 Å². The molecular formula is C16H20N6. The first-order valence-electron chi connectivity index (χ1n) is 7.52. The van der Waals surface area contributed by atoms with Crippen LogP contribution in [0.1, 0.15) is 17.3 Å². The number of hydrogen-bond donors (Lipinski definition) is 0. The average Bonchev–Trinajstić information content (AvgIpc) is 2.96. The Labute approximate surface area is 130 Å². The summed E-state index contributed by atoms with van der Waals surface area (Å²) in [4.78, 5) is 4.64. The highest BCUT2D eigenvalue weighted by atomic mass is 15.4. The van der Waals surface area contributed by atoms with Gasteiger partial charge in [-0.1, -0.05) is 35.5 Å². The lowest BCUT2D eigenvalue weighted by Gasteiger charge is -2.36. The minimum atomic E-state index is -0.151. The maximum atomic E-state index is 9.52. The smallest absolute Gasteiger partial charge is 0.123 e. The Bertz CT molecular complexity index is 636. The molecule has 1 fully saturated rings. The Morgan fingerprint density at radius 1 is 1.18 bits per heavy atom. The molecule has 0 saturated carbocycles. The summed E-state index contributed by atoms with van der Waals surface area (Å²) < 4.78 is 1.81. The average molecular weight is 296 g/mol. The molecule has 114 valence electrons. The summed E-state index contributed by atoms with van der Waals surface area (Å²) in [5.74, 6) is 0. The summed E-state index contributed by atoms with van der Waals surface area (Å²) in [6, 6.07) is 12.3. The highest BCUT2D eigenvalue weighted by Gasteiger charge is 2.25. The van der Waals surface area contributed by atoms with E-state index in [0.29, 0.717) is 0 Å². The lowest BCUT2D eigenvalue weighted by atomic mass is 10.1. The fourth-order valence-corrected chi connectivity index (χ4v) is 2.87. The van der Waals surface area contributed by atoms with Gasteiger partial charge in [-0.25, -0.2) is 0 Å². The minimum absolute atomic E-state index is 0.151. The van der Waals surface area contributed by atoms with Gasteiger partial charge < -0.3 is 0 Å². The number of aryl methyl sites for hydroxylation is 1. The maximum Gasteiger partial charge on any atom is 0.123 e. The van der Waals surface area contributed by atoms with E-state index in [4.69, 9.17) is 0 Å². The summed E-state index contributed by atoms with van der Waals surface area (Å²) in [7, 11) is 1.92. The zero-order valence-electron chi connectivity index (χ0n) is 12.8. The molecule has 0 spiro atoms. The van der Waals surface area contributed by atoms with Gasteiger partial charge in [0.15, 0.2) is 0 Å². The summed E-state index contributed by atoms with van der Waals surface area (Å²) in [6.45, 7) is 4.57. The van der Waals surface area contributed by atoms with Crippen LogP contribution in [-0.4, -0.2) is 51.0 Å². The van der Waals surface area contributed by atoms with E-state index >= 15 is 0 Å². The number of benzene rings is 1. The molecule has 0 amide bonds. The van der Waals surface area contributed by atoms with Crippen LogP contribution in [0.15, 0.2) is 36.5 Å². The van der Waals surface area contributed by atoms with Crippen LogP contribution < -0.4 is 0 Å². The largest absolute Gasteiger partial charge is 0.295 e. The normalized spacial score (nSPS) is 18.0. The summed E-state index contributed by atoms with van der Waals surface area (Å²) in [6.07, 6.45) is 1.81. The van der Waals surface area contributed by atoms with E-state index in [1.807, 2.05) is 48.3 Å². The molecule has 0 N–H and O–H groups in total.